The fraction of sp³-hybridized carbons (Fsp3) is 0.440. The topological polar surface area (TPSA) is 58.6 Å². The summed E-state index contributed by atoms with van der Waals surface area (Å²) >= 11 is 0. The first kappa shape index (κ1) is 23.5. The molecule has 0 bridgehead atoms. The zero-order chi connectivity index (χ0) is 22.1. The average molecular weight is 411 g/mol. The van der Waals surface area contributed by atoms with Crippen molar-refractivity contribution >= 4 is 11.8 Å². The molecule has 0 fully saturated rings. The first-order valence-electron chi connectivity index (χ1n) is 10.6. The number of carbonyl (C=O) groups excluding carboxylic acids is 2. The van der Waals surface area contributed by atoms with E-state index in [1.165, 1.54) is 0 Å². The van der Waals surface area contributed by atoms with Gasteiger partial charge < -0.3 is 15.0 Å². The molecule has 2 aromatic carbocycles. The van der Waals surface area contributed by atoms with Crippen molar-refractivity contribution < 1.29 is 14.3 Å². The summed E-state index contributed by atoms with van der Waals surface area (Å²) in [6.45, 7) is 10.7. The van der Waals surface area contributed by atoms with Crippen LogP contribution < -0.4 is 10.1 Å². The standard InChI is InChI=1S/C25H34N2O3/c1-6-7-14-26-25(29)21(5)27(16-22-11-8-18(2)9-12-22)24(28)17-30-23-13-10-19(3)15-20(23)4/h8-13,15,21H,6-7,14,16-17H2,1-5H3,(H,26,29)/t21-/m1/s1. The maximum absolute atomic E-state index is 13.1. The molecule has 0 saturated carbocycles. The minimum Gasteiger partial charge on any atom is -0.483 e. The van der Waals surface area contributed by atoms with E-state index in [0.29, 0.717) is 18.8 Å². The van der Waals surface area contributed by atoms with Crippen LogP contribution in [0, 0.1) is 20.8 Å². The number of aryl methyl sites for hydroxylation is 3. The van der Waals surface area contributed by atoms with Crippen LogP contribution >= 0.6 is 0 Å². The van der Waals surface area contributed by atoms with Gasteiger partial charge >= 0.3 is 0 Å². The molecule has 0 unspecified atom stereocenters. The Balaban J connectivity index is 2.12. The number of hydrogen-bond donors (Lipinski definition) is 1. The van der Waals surface area contributed by atoms with Crippen molar-refractivity contribution in [3.63, 3.8) is 0 Å². The predicted molar refractivity (Wildman–Crippen MR) is 121 cm³/mol. The van der Waals surface area contributed by atoms with E-state index in [9.17, 15) is 9.59 Å². The predicted octanol–water partition coefficient (Wildman–Crippen LogP) is 4.32. The highest BCUT2D eigenvalue weighted by Gasteiger charge is 2.26. The number of amides is 2. The normalized spacial score (nSPS) is 11.6. The highest BCUT2D eigenvalue weighted by Crippen LogP contribution is 2.19. The molecule has 1 N–H and O–H groups in total. The van der Waals surface area contributed by atoms with Crippen molar-refractivity contribution in [2.75, 3.05) is 13.2 Å². The van der Waals surface area contributed by atoms with Crippen LogP contribution in [0.2, 0.25) is 0 Å². The van der Waals surface area contributed by atoms with E-state index in [0.717, 1.165) is 35.1 Å². The van der Waals surface area contributed by atoms with Crippen LogP contribution in [0.3, 0.4) is 0 Å². The first-order valence-corrected chi connectivity index (χ1v) is 10.6. The Morgan fingerprint density at radius 1 is 1.03 bits per heavy atom. The van der Waals surface area contributed by atoms with Gasteiger partial charge in [0.2, 0.25) is 5.91 Å². The molecule has 0 aliphatic rings. The quantitative estimate of drug-likeness (QED) is 0.593. The summed E-state index contributed by atoms with van der Waals surface area (Å²) in [4.78, 5) is 27.3. The highest BCUT2D eigenvalue weighted by molar-refractivity contribution is 5.87. The molecule has 2 aromatic rings. The number of nitrogens with zero attached hydrogens (tertiary/aromatic N) is 1. The molecule has 5 heteroatoms. The van der Waals surface area contributed by atoms with E-state index in [1.807, 2.05) is 63.2 Å². The molecule has 1 atom stereocenters. The number of unbranched alkanes of at least 4 members (excludes halogenated alkanes) is 1. The molecule has 30 heavy (non-hydrogen) atoms. The highest BCUT2D eigenvalue weighted by atomic mass is 16.5. The number of carbonyl (C=O) groups is 2. The third kappa shape index (κ3) is 6.90. The Morgan fingerprint density at radius 3 is 2.33 bits per heavy atom. The second-order valence-corrected chi connectivity index (χ2v) is 7.89. The fourth-order valence-electron chi connectivity index (χ4n) is 3.19. The van der Waals surface area contributed by atoms with Gasteiger partial charge in [-0.1, -0.05) is 60.9 Å². The third-order valence-electron chi connectivity index (χ3n) is 5.15. The van der Waals surface area contributed by atoms with E-state index < -0.39 is 6.04 Å². The molecule has 0 aliphatic carbocycles. The zero-order valence-corrected chi connectivity index (χ0v) is 18.8. The minimum absolute atomic E-state index is 0.109. The number of rotatable bonds is 10. The zero-order valence-electron chi connectivity index (χ0n) is 18.8. The summed E-state index contributed by atoms with van der Waals surface area (Å²) in [5, 5.41) is 2.93. The number of ether oxygens (including phenoxy) is 1. The van der Waals surface area contributed by atoms with Gasteiger partial charge in [0.15, 0.2) is 6.61 Å². The van der Waals surface area contributed by atoms with Crippen LogP contribution in [0.1, 0.15) is 48.9 Å². The summed E-state index contributed by atoms with van der Waals surface area (Å²) < 4.78 is 5.80. The van der Waals surface area contributed by atoms with Crippen molar-refractivity contribution in [2.24, 2.45) is 0 Å². The van der Waals surface area contributed by atoms with E-state index >= 15 is 0 Å². The van der Waals surface area contributed by atoms with Crippen molar-refractivity contribution in [3.05, 3.63) is 64.7 Å². The summed E-state index contributed by atoms with van der Waals surface area (Å²) in [6.07, 6.45) is 1.92. The maximum Gasteiger partial charge on any atom is 0.261 e. The molecule has 0 aliphatic heterocycles. The fourth-order valence-corrected chi connectivity index (χ4v) is 3.19. The molecule has 5 nitrogen and oxygen atoms in total. The van der Waals surface area contributed by atoms with Crippen LogP contribution in [-0.2, 0) is 16.1 Å². The van der Waals surface area contributed by atoms with Crippen LogP contribution in [0.5, 0.6) is 5.75 Å². The Kier molecular flexibility index (Phi) is 8.90. The van der Waals surface area contributed by atoms with Crippen molar-refractivity contribution in [1.82, 2.24) is 10.2 Å². The summed E-state index contributed by atoms with van der Waals surface area (Å²) in [7, 11) is 0. The van der Waals surface area contributed by atoms with Gasteiger partial charge in [-0.2, -0.15) is 0 Å². The van der Waals surface area contributed by atoms with E-state index in [-0.39, 0.29) is 18.4 Å². The SMILES string of the molecule is CCCCNC(=O)[C@@H](C)N(Cc1ccc(C)cc1)C(=O)COc1ccc(C)cc1C. The van der Waals surface area contributed by atoms with Crippen molar-refractivity contribution in [3.8, 4) is 5.75 Å². The Bertz CT molecular complexity index is 846. The van der Waals surface area contributed by atoms with Crippen molar-refractivity contribution in [1.29, 1.82) is 0 Å². The Labute approximate surface area is 180 Å². The molecule has 2 rings (SSSR count). The smallest absolute Gasteiger partial charge is 0.261 e. The second-order valence-electron chi connectivity index (χ2n) is 7.89. The van der Waals surface area contributed by atoms with E-state index in [1.54, 1.807) is 11.8 Å². The van der Waals surface area contributed by atoms with Gasteiger partial charge in [-0.3, -0.25) is 9.59 Å². The monoisotopic (exact) mass is 410 g/mol. The summed E-state index contributed by atoms with van der Waals surface area (Å²) in [5.41, 5.74) is 4.26. The van der Waals surface area contributed by atoms with Crippen LogP contribution in [0.15, 0.2) is 42.5 Å². The number of nitrogens with one attached hydrogen (secondary N) is 1. The van der Waals surface area contributed by atoms with Crippen LogP contribution in [0.4, 0.5) is 0 Å². The van der Waals surface area contributed by atoms with Gasteiger partial charge in [0.05, 0.1) is 0 Å². The lowest BCUT2D eigenvalue weighted by Gasteiger charge is -2.29. The van der Waals surface area contributed by atoms with Crippen molar-refractivity contribution in [2.45, 2.75) is 60.0 Å². The maximum atomic E-state index is 13.1. The number of hydrogen-bond acceptors (Lipinski definition) is 3. The lowest BCUT2D eigenvalue weighted by Crippen LogP contribution is -2.49. The van der Waals surface area contributed by atoms with Gasteiger partial charge in [-0.25, -0.2) is 0 Å². The molecule has 0 heterocycles. The lowest BCUT2D eigenvalue weighted by atomic mass is 10.1. The minimum atomic E-state index is -0.585. The average Bonchev–Trinajstić information content (AvgIpc) is 2.72. The lowest BCUT2D eigenvalue weighted by molar-refractivity contribution is -0.142. The third-order valence-corrected chi connectivity index (χ3v) is 5.15. The largest absolute Gasteiger partial charge is 0.483 e. The van der Waals surface area contributed by atoms with Gasteiger partial charge in [0, 0.05) is 13.1 Å². The first-order chi connectivity index (χ1) is 14.3. The molecule has 0 aromatic heterocycles. The van der Waals surface area contributed by atoms with E-state index in [2.05, 4.69) is 12.2 Å². The number of benzene rings is 2. The molecule has 2 amide bonds. The Hall–Kier alpha value is -2.82. The summed E-state index contributed by atoms with van der Waals surface area (Å²) in [6, 6.07) is 13.3. The Morgan fingerprint density at radius 2 is 1.70 bits per heavy atom. The van der Waals surface area contributed by atoms with Gasteiger partial charge in [-0.05, 0) is 51.3 Å². The molecule has 0 radical (unpaired) electrons. The molecular formula is C25H34N2O3. The van der Waals surface area contributed by atoms with Gasteiger partial charge in [0.25, 0.3) is 5.91 Å². The van der Waals surface area contributed by atoms with Gasteiger partial charge in [-0.15, -0.1) is 0 Å². The molecule has 0 spiro atoms. The summed E-state index contributed by atoms with van der Waals surface area (Å²) in [5.74, 6) is 0.327. The van der Waals surface area contributed by atoms with Crippen LogP contribution in [-0.4, -0.2) is 35.9 Å². The molecular weight excluding hydrogens is 376 g/mol. The molecule has 0 saturated heterocycles. The van der Waals surface area contributed by atoms with Gasteiger partial charge in [0.1, 0.15) is 11.8 Å². The second kappa shape index (κ2) is 11.4. The molecule has 162 valence electrons. The van der Waals surface area contributed by atoms with Crippen LogP contribution in [0.25, 0.3) is 0 Å². The van der Waals surface area contributed by atoms with E-state index in [4.69, 9.17) is 4.74 Å².